The molecule has 0 bridgehead atoms. The number of carboxylic acid groups (broad SMARTS) is 1. The molecule has 1 unspecified atom stereocenters. The van der Waals surface area contributed by atoms with Gasteiger partial charge < -0.3 is 10.4 Å². The van der Waals surface area contributed by atoms with E-state index in [4.69, 9.17) is 5.11 Å². The van der Waals surface area contributed by atoms with Gasteiger partial charge in [0.2, 0.25) is 0 Å². The summed E-state index contributed by atoms with van der Waals surface area (Å²) < 4.78 is 2.03. The molecule has 1 aromatic carbocycles. The molecule has 0 spiro atoms. The van der Waals surface area contributed by atoms with Crippen molar-refractivity contribution in [2.75, 3.05) is 0 Å². The van der Waals surface area contributed by atoms with E-state index in [-0.39, 0.29) is 0 Å². The van der Waals surface area contributed by atoms with Crippen LogP contribution in [0.15, 0.2) is 21.1 Å². The van der Waals surface area contributed by atoms with Gasteiger partial charge in [-0.1, -0.05) is 31.9 Å². The van der Waals surface area contributed by atoms with E-state index in [1.165, 1.54) is 0 Å². The van der Waals surface area contributed by atoms with Gasteiger partial charge in [-0.15, -0.1) is 0 Å². The van der Waals surface area contributed by atoms with Gasteiger partial charge in [0.1, 0.15) is 6.04 Å². The van der Waals surface area contributed by atoms with Crippen LogP contribution in [0.2, 0.25) is 0 Å². The zero-order valence-electron chi connectivity index (χ0n) is 9.05. The summed E-state index contributed by atoms with van der Waals surface area (Å²) in [6.07, 6.45) is 0. The zero-order chi connectivity index (χ0) is 12.3. The molecule has 16 heavy (non-hydrogen) atoms. The van der Waals surface area contributed by atoms with Crippen LogP contribution < -0.4 is 5.32 Å². The number of halogens is 2. The number of nitrogens with one attached hydrogen (secondary N) is 1. The molecule has 88 valence electrons. The molecule has 1 aromatic rings. The third kappa shape index (κ3) is 3.57. The normalized spacial score (nSPS) is 12.5. The van der Waals surface area contributed by atoms with Crippen LogP contribution in [0, 0.1) is 6.92 Å². The Balaban J connectivity index is 2.72. The first kappa shape index (κ1) is 13.7. The summed E-state index contributed by atoms with van der Waals surface area (Å²) in [5.41, 5.74) is 2.17. The van der Waals surface area contributed by atoms with Crippen molar-refractivity contribution >= 4 is 37.8 Å². The van der Waals surface area contributed by atoms with Gasteiger partial charge in [0.05, 0.1) is 0 Å². The summed E-state index contributed by atoms with van der Waals surface area (Å²) >= 11 is 6.92. The number of benzene rings is 1. The lowest BCUT2D eigenvalue weighted by molar-refractivity contribution is -0.139. The van der Waals surface area contributed by atoms with E-state index in [0.29, 0.717) is 6.54 Å². The summed E-state index contributed by atoms with van der Waals surface area (Å²) in [4.78, 5) is 10.6. The number of hydrogen-bond acceptors (Lipinski definition) is 2. The van der Waals surface area contributed by atoms with Crippen LogP contribution in [0.3, 0.4) is 0 Å². The molecule has 1 rings (SSSR count). The molecule has 1 atom stereocenters. The molecule has 0 amide bonds. The Hall–Kier alpha value is -0.390. The molecule has 0 heterocycles. The maximum Gasteiger partial charge on any atom is 0.320 e. The lowest BCUT2D eigenvalue weighted by Crippen LogP contribution is -2.33. The summed E-state index contributed by atoms with van der Waals surface area (Å²) in [5, 5.41) is 11.7. The second-order valence-corrected chi connectivity index (χ2v) is 5.33. The molecule has 0 aliphatic heterocycles. The number of rotatable bonds is 4. The van der Waals surface area contributed by atoms with Crippen LogP contribution in [0.4, 0.5) is 0 Å². The van der Waals surface area contributed by atoms with Crippen molar-refractivity contribution in [3.8, 4) is 0 Å². The van der Waals surface area contributed by atoms with Crippen LogP contribution in [0.5, 0.6) is 0 Å². The fraction of sp³-hybridized carbons (Fsp3) is 0.364. The topological polar surface area (TPSA) is 49.3 Å². The molecule has 0 aromatic heterocycles. The van der Waals surface area contributed by atoms with Crippen molar-refractivity contribution in [2.24, 2.45) is 0 Å². The van der Waals surface area contributed by atoms with E-state index in [0.717, 1.165) is 20.1 Å². The predicted octanol–water partition coefficient (Wildman–Crippen LogP) is 3.08. The number of carboxylic acids is 1. The number of aliphatic carboxylic acids is 1. The number of carbonyl (C=O) groups is 1. The van der Waals surface area contributed by atoms with Gasteiger partial charge in [-0.05, 0) is 37.1 Å². The summed E-state index contributed by atoms with van der Waals surface area (Å²) in [5.74, 6) is -0.842. The highest BCUT2D eigenvalue weighted by atomic mass is 79.9. The molecule has 0 saturated heterocycles. The quantitative estimate of drug-likeness (QED) is 0.877. The highest BCUT2D eigenvalue weighted by Gasteiger charge is 2.10. The van der Waals surface area contributed by atoms with Crippen LogP contribution in [-0.4, -0.2) is 17.1 Å². The first-order chi connectivity index (χ1) is 7.41. The van der Waals surface area contributed by atoms with Gasteiger partial charge >= 0.3 is 5.97 Å². The molecule has 0 radical (unpaired) electrons. The monoisotopic (exact) mass is 349 g/mol. The van der Waals surface area contributed by atoms with E-state index >= 15 is 0 Å². The molecular formula is C11H13Br2NO2. The van der Waals surface area contributed by atoms with Crippen molar-refractivity contribution in [3.63, 3.8) is 0 Å². The first-order valence-electron chi connectivity index (χ1n) is 4.82. The van der Waals surface area contributed by atoms with Gasteiger partial charge in [0.15, 0.2) is 0 Å². The average Bonchev–Trinajstić information content (AvgIpc) is 2.22. The van der Waals surface area contributed by atoms with Crippen molar-refractivity contribution in [3.05, 3.63) is 32.2 Å². The Morgan fingerprint density at radius 3 is 2.38 bits per heavy atom. The van der Waals surface area contributed by atoms with Crippen LogP contribution >= 0.6 is 31.9 Å². The Morgan fingerprint density at radius 2 is 1.94 bits per heavy atom. The molecule has 5 heteroatoms. The fourth-order valence-electron chi connectivity index (χ4n) is 1.16. The maximum atomic E-state index is 10.6. The second kappa shape index (κ2) is 5.80. The largest absolute Gasteiger partial charge is 0.480 e. The minimum atomic E-state index is -0.842. The second-order valence-electron chi connectivity index (χ2n) is 3.63. The zero-order valence-corrected chi connectivity index (χ0v) is 12.2. The summed E-state index contributed by atoms with van der Waals surface area (Å²) in [6, 6.07) is 3.43. The first-order valence-corrected chi connectivity index (χ1v) is 6.41. The van der Waals surface area contributed by atoms with Gasteiger partial charge in [-0.3, -0.25) is 4.79 Å². The highest BCUT2D eigenvalue weighted by Crippen LogP contribution is 2.26. The standard InChI is InChI=1S/C11H13Br2NO2/c1-6-9(12)3-8(4-10(6)13)5-14-7(2)11(15)16/h3-4,7,14H,5H2,1-2H3,(H,15,16). The van der Waals surface area contributed by atoms with Crippen molar-refractivity contribution in [1.29, 1.82) is 0 Å². The van der Waals surface area contributed by atoms with Gasteiger partial charge in [0.25, 0.3) is 0 Å². The summed E-state index contributed by atoms with van der Waals surface area (Å²) in [7, 11) is 0. The maximum absolute atomic E-state index is 10.6. The minimum absolute atomic E-state index is 0.533. The average molecular weight is 351 g/mol. The van der Waals surface area contributed by atoms with Gasteiger partial charge in [-0.2, -0.15) is 0 Å². The third-order valence-electron chi connectivity index (χ3n) is 2.32. The minimum Gasteiger partial charge on any atom is -0.480 e. The van der Waals surface area contributed by atoms with E-state index in [9.17, 15) is 4.79 Å². The molecular weight excluding hydrogens is 338 g/mol. The Morgan fingerprint density at radius 1 is 1.44 bits per heavy atom. The Labute approximate surface area is 111 Å². The Bertz CT molecular complexity index is 384. The molecule has 0 aliphatic rings. The van der Waals surface area contributed by atoms with Gasteiger partial charge in [-0.25, -0.2) is 0 Å². The predicted molar refractivity (Wildman–Crippen MR) is 70.5 cm³/mol. The van der Waals surface area contributed by atoms with E-state index in [2.05, 4.69) is 37.2 Å². The fourth-order valence-corrected chi connectivity index (χ4v) is 2.44. The summed E-state index contributed by atoms with van der Waals surface area (Å²) in [6.45, 7) is 4.16. The van der Waals surface area contributed by atoms with Gasteiger partial charge in [0, 0.05) is 15.5 Å². The molecule has 0 aliphatic carbocycles. The van der Waals surface area contributed by atoms with E-state index in [1.807, 2.05) is 19.1 Å². The number of hydrogen-bond donors (Lipinski definition) is 2. The van der Waals surface area contributed by atoms with Crippen LogP contribution in [0.1, 0.15) is 18.1 Å². The van der Waals surface area contributed by atoms with E-state index in [1.54, 1.807) is 6.92 Å². The van der Waals surface area contributed by atoms with Crippen molar-refractivity contribution in [1.82, 2.24) is 5.32 Å². The molecule has 0 saturated carbocycles. The lowest BCUT2D eigenvalue weighted by atomic mass is 10.1. The smallest absolute Gasteiger partial charge is 0.320 e. The third-order valence-corrected chi connectivity index (χ3v) is 3.97. The molecule has 0 fully saturated rings. The molecule has 2 N–H and O–H groups in total. The van der Waals surface area contributed by atoms with Crippen LogP contribution in [0.25, 0.3) is 0 Å². The Kier molecular flexibility index (Phi) is 4.95. The lowest BCUT2D eigenvalue weighted by Gasteiger charge is -2.11. The SMILES string of the molecule is Cc1c(Br)cc(CNC(C)C(=O)O)cc1Br. The van der Waals surface area contributed by atoms with E-state index < -0.39 is 12.0 Å². The van der Waals surface area contributed by atoms with Crippen molar-refractivity contribution < 1.29 is 9.90 Å². The van der Waals surface area contributed by atoms with Crippen molar-refractivity contribution in [2.45, 2.75) is 26.4 Å². The highest BCUT2D eigenvalue weighted by molar-refractivity contribution is 9.11. The molecule has 3 nitrogen and oxygen atoms in total. The van der Waals surface area contributed by atoms with Crippen LogP contribution in [-0.2, 0) is 11.3 Å².